The molecule has 18 heavy (non-hydrogen) atoms. The Labute approximate surface area is 107 Å². The molecule has 100 valence electrons. The molecular formula is C13H19FN2O2. The zero-order valence-electron chi connectivity index (χ0n) is 10.8. The van der Waals surface area contributed by atoms with E-state index >= 15 is 0 Å². The van der Waals surface area contributed by atoms with Crippen molar-refractivity contribution in [2.75, 3.05) is 19.7 Å². The van der Waals surface area contributed by atoms with E-state index in [2.05, 4.69) is 10.6 Å². The summed E-state index contributed by atoms with van der Waals surface area (Å²) in [6.07, 6.45) is 0. The highest BCUT2D eigenvalue weighted by molar-refractivity contribution is 5.77. The fraction of sp³-hybridized carbons (Fsp3) is 0.462. The van der Waals surface area contributed by atoms with Gasteiger partial charge >= 0.3 is 0 Å². The Bertz CT molecular complexity index is 397. The van der Waals surface area contributed by atoms with Gasteiger partial charge in [0.1, 0.15) is 11.6 Å². The SMILES string of the molecule is CCNCc1cc(F)cc(OCC(=O)NCC)c1. The van der Waals surface area contributed by atoms with Crippen molar-refractivity contribution in [3.63, 3.8) is 0 Å². The van der Waals surface area contributed by atoms with Crippen molar-refractivity contribution in [2.24, 2.45) is 0 Å². The number of halogens is 1. The number of hydrogen-bond donors (Lipinski definition) is 2. The number of nitrogens with one attached hydrogen (secondary N) is 2. The third kappa shape index (κ3) is 5.14. The molecule has 5 heteroatoms. The fourth-order valence-electron chi connectivity index (χ4n) is 1.47. The van der Waals surface area contributed by atoms with Gasteiger partial charge in [0.15, 0.2) is 6.61 Å². The monoisotopic (exact) mass is 254 g/mol. The Morgan fingerprint density at radius 1 is 1.28 bits per heavy atom. The van der Waals surface area contributed by atoms with E-state index in [9.17, 15) is 9.18 Å². The summed E-state index contributed by atoms with van der Waals surface area (Å²) in [5.41, 5.74) is 0.794. The predicted molar refractivity (Wildman–Crippen MR) is 68.0 cm³/mol. The van der Waals surface area contributed by atoms with Gasteiger partial charge in [-0.1, -0.05) is 6.92 Å². The van der Waals surface area contributed by atoms with Crippen molar-refractivity contribution in [3.8, 4) is 5.75 Å². The predicted octanol–water partition coefficient (Wildman–Crippen LogP) is 1.45. The summed E-state index contributed by atoms with van der Waals surface area (Å²) in [5.74, 6) is -0.208. The van der Waals surface area contributed by atoms with Gasteiger partial charge in [0.05, 0.1) is 0 Å². The molecule has 0 fully saturated rings. The van der Waals surface area contributed by atoms with Crippen LogP contribution in [-0.2, 0) is 11.3 Å². The highest BCUT2D eigenvalue weighted by Crippen LogP contribution is 2.16. The number of benzene rings is 1. The van der Waals surface area contributed by atoms with Gasteiger partial charge in [-0.25, -0.2) is 4.39 Å². The normalized spacial score (nSPS) is 10.2. The van der Waals surface area contributed by atoms with Gasteiger partial charge in [0.25, 0.3) is 5.91 Å². The molecule has 0 aliphatic rings. The minimum Gasteiger partial charge on any atom is -0.484 e. The molecule has 0 heterocycles. The summed E-state index contributed by atoms with van der Waals surface area (Å²) in [4.78, 5) is 11.2. The maximum Gasteiger partial charge on any atom is 0.257 e. The third-order valence-corrected chi connectivity index (χ3v) is 2.25. The Hall–Kier alpha value is -1.62. The van der Waals surface area contributed by atoms with Crippen LogP contribution < -0.4 is 15.4 Å². The lowest BCUT2D eigenvalue weighted by Crippen LogP contribution is -2.28. The van der Waals surface area contributed by atoms with Gasteiger partial charge < -0.3 is 15.4 Å². The summed E-state index contributed by atoms with van der Waals surface area (Å²) in [6.45, 7) is 5.65. The van der Waals surface area contributed by atoms with Gasteiger partial charge in [-0.15, -0.1) is 0 Å². The first kappa shape index (κ1) is 14.4. The van der Waals surface area contributed by atoms with Crippen molar-refractivity contribution in [3.05, 3.63) is 29.6 Å². The molecule has 4 nitrogen and oxygen atoms in total. The maximum absolute atomic E-state index is 13.3. The van der Waals surface area contributed by atoms with E-state index in [1.807, 2.05) is 13.8 Å². The first-order chi connectivity index (χ1) is 8.65. The van der Waals surface area contributed by atoms with Crippen LogP contribution >= 0.6 is 0 Å². The molecule has 0 aliphatic heterocycles. The van der Waals surface area contributed by atoms with Crippen molar-refractivity contribution >= 4 is 5.91 Å². The maximum atomic E-state index is 13.3. The highest BCUT2D eigenvalue weighted by Gasteiger charge is 2.04. The van der Waals surface area contributed by atoms with E-state index in [4.69, 9.17) is 4.74 Å². The van der Waals surface area contributed by atoms with Crippen LogP contribution in [0.15, 0.2) is 18.2 Å². The second kappa shape index (κ2) is 7.66. The van der Waals surface area contributed by atoms with Crippen molar-refractivity contribution < 1.29 is 13.9 Å². The van der Waals surface area contributed by atoms with E-state index in [1.54, 1.807) is 6.07 Å². The van der Waals surface area contributed by atoms with Crippen LogP contribution in [0.2, 0.25) is 0 Å². The zero-order chi connectivity index (χ0) is 13.4. The average molecular weight is 254 g/mol. The summed E-state index contributed by atoms with van der Waals surface area (Å²) in [7, 11) is 0. The quantitative estimate of drug-likeness (QED) is 0.774. The van der Waals surface area contributed by atoms with Crippen LogP contribution in [-0.4, -0.2) is 25.6 Å². The molecule has 0 saturated carbocycles. The molecule has 0 unspecified atom stereocenters. The van der Waals surface area contributed by atoms with E-state index in [0.717, 1.165) is 12.1 Å². The van der Waals surface area contributed by atoms with Gasteiger partial charge in [-0.05, 0) is 31.2 Å². The second-order valence-corrected chi connectivity index (χ2v) is 3.82. The Kier molecular flexibility index (Phi) is 6.14. The first-order valence-electron chi connectivity index (χ1n) is 6.05. The Balaban J connectivity index is 2.59. The fourth-order valence-corrected chi connectivity index (χ4v) is 1.47. The molecule has 1 aromatic carbocycles. The van der Waals surface area contributed by atoms with Gasteiger partial charge in [-0.2, -0.15) is 0 Å². The zero-order valence-corrected chi connectivity index (χ0v) is 10.8. The number of amides is 1. The Morgan fingerprint density at radius 2 is 2.06 bits per heavy atom. The summed E-state index contributed by atoms with van der Waals surface area (Å²) < 4.78 is 18.6. The number of carbonyl (C=O) groups excluding carboxylic acids is 1. The minimum atomic E-state index is -0.365. The smallest absolute Gasteiger partial charge is 0.257 e. The van der Waals surface area contributed by atoms with Gasteiger partial charge in [0.2, 0.25) is 0 Å². The number of hydrogen-bond acceptors (Lipinski definition) is 3. The average Bonchev–Trinajstić information content (AvgIpc) is 2.34. The summed E-state index contributed by atoms with van der Waals surface area (Å²) in [5, 5.41) is 5.71. The van der Waals surface area contributed by atoms with Crippen LogP contribution in [0, 0.1) is 5.82 Å². The lowest BCUT2D eigenvalue weighted by molar-refractivity contribution is -0.122. The van der Waals surface area contributed by atoms with Crippen LogP contribution in [0.1, 0.15) is 19.4 Å². The molecule has 0 aromatic heterocycles. The molecule has 2 N–H and O–H groups in total. The molecule has 0 spiro atoms. The van der Waals surface area contributed by atoms with Crippen molar-refractivity contribution in [1.82, 2.24) is 10.6 Å². The van der Waals surface area contributed by atoms with Crippen LogP contribution in [0.4, 0.5) is 4.39 Å². The second-order valence-electron chi connectivity index (χ2n) is 3.82. The molecule has 1 amide bonds. The topological polar surface area (TPSA) is 50.4 Å². The number of ether oxygens (including phenoxy) is 1. The molecule has 0 atom stereocenters. The van der Waals surface area contributed by atoms with Gasteiger partial charge in [0, 0.05) is 19.2 Å². The van der Waals surface area contributed by atoms with Crippen LogP contribution in [0.25, 0.3) is 0 Å². The highest BCUT2D eigenvalue weighted by atomic mass is 19.1. The summed E-state index contributed by atoms with van der Waals surface area (Å²) >= 11 is 0. The number of rotatable bonds is 7. The molecule has 1 rings (SSSR count). The third-order valence-electron chi connectivity index (χ3n) is 2.25. The molecule has 1 aromatic rings. The standard InChI is InChI=1S/C13H19FN2O2/c1-3-15-8-10-5-11(14)7-12(6-10)18-9-13(17)16-4-2/h5-7,15H,3-4,8-9H2,1-2H3,(H,16,17). The molecule has 0 saturated heterocycles. The first-order valence-corrected chi connectivity index (χ1v) is 6.05. The Morgan fingerprint density at radius 3 is 2.72 bits per heavy atom. The number of carbonyl (C=O) groups is 1. The van der Waals surface area contributed by atoms with E-state index in [-0.39, 0.29) is 18.3 Å². The summed E-state index contributed by atoms with van der Waals surface area (Å²) in [6, 6.07) is 4.45. The minimum absolute atomic E-state index is 0.0993. The van der Waals surface area contributed by atoms with Gasteiger partial charge in [-0.3, -0.25) is 4.79 Å². The van der Waals surface area contributed by atoms with Crippen LogP contribution in [0.5, 0.6) is 5.75 Å². The van der Waals surface area contributed by atoms with E-state index in [0.29, 0.717) is 18.8 Å². The van der Waals surface area contributed by atoms with Crippen molar-refractivity contribution in [1.29, 1.82) is 0 Å². The molecule has 0 bridgehead atoms. The lowest BCUT2D eigenvalue weighted by atomic mass is 10.2. The van der Waals surface area contributed by atoms with E-state index in [1.165, 1.54) is 12.1 Å². The van der Waals surface area contributed by atoms with Crippen molar-refractivity contribution in [2.45, 2.75) is 20.4 Å². The largest absolute Gasteiger partial charge is 0.484 e. The number of likely N-dealkylation sites (N-methyl/N-ethyl adjacent to an activating group) is 1. The van der Waals surface area contributed by atoms with E-state index < -0.39 is 0 Å². The molecular weight excluding hydrogens is 235 g/mol. The lowest BCUT2D eigenvalue weighted by Gasteiger charge is -2.09. The molecule has 0 radical (unpaired) electrons. The van der Waals surface area contributed by atoms with Crippen LogP contribution in [0.3, 0.4) is 0 Å². The molecule has 0 aliphatic carbocycles.